The molecule has 0 unspecified atom stereocenters. The maximum absolute atomic E-state index is 11.9. The Hall–Kier alpha value is -1.06. The number of nitrogens with zero attached hydrogens (tertiary/aromatic N) is 1. The van der Waals surface area contributed by atoms with E-state index in [4.69, 9.17) is 11.6 Å². The topological polar surface area (TPSA) is 22.0 Å². The van der Waals surface area contributed by atoms with Crippen molar-refractivity contribution in [2.75, 3.05) is 0 Å². The Morgan fingerprint density at radius 3 is 2.84 bits per heavy atom. The van der Waals surface area contributed by atoms with Crippen LogP contribution in [0.15, 0.2) is 41.1 Å². The number of hydrogen-bond acceptors (Lipinski definition) is 1. The highest BCUT2D eigenvalue weighted by atomic mass is 79.9. The Labute approximate surface area is 125 Å². The first kappa shape index (κ1) is 12.9. The van der Waals surface area contributed by atoms with Gasteiger partial charge < -0.3 is 4.57 Å². The van der Waals surface area contributed by atoms with Crippen LogP contribution in [0.5, 0.6) is 0 Å². The molecule has 1 aliphatic rings. The molecule has 0 aliphatic heterocycles. The van der Waals surface area contributed by atoms with Gasteiger partial charge in [-0.25, -0.2) is 0 Å². The Balaban J connectivity index is 1.77. The van der Waals surface area contributed by atoms with Crippen LogP contribution >= 0.6 is 27.5 Å². The van der Waals surface area contributed by atoms with E-state index in [-0.39, 0.29) is 11.7 Å². The van der Waals surface area contributed by atoms with Crippen LogP contribution in [0.2, 0.25) is 5.02 Å². The first-order valence-corrected chi connectivity index (χ1v) is 7.44. The number of carbonyl (C=O) groups is 1. The average molecular weight is 339 g/mol. The van der Waals surface area contributed by atoms with Crippen molar-refractivity contribution in [2.24, 2.45) is 5.92 Å². The second kappa shape index (κ2) is 5.14. The van der Waals surface area contributed by atoms with Gasteiger partial charge in [0.25, 0.3) is 0 Å². The summed E-state index contributed by atoms with van der Waals surface area (Å²) in [6, 6.07) is 7.75. The number of benzene rings is 1. The first-order valence-electron chi connectivity index (χ1n) is 6.27. The number of hydrogen-bond donors (Lipinski definition) is 0. The lowest BCUT2D eigenvalue weighted by molar-refractivity contribution is 0.0967. The molecule has 0 saturated heterocycles. The number of Topliss-reactive ketones (excluding diaryl/α,β-unsaturated/α-hetero) is 1. The van der Waals surface area contributed by atoms with Crippen LogP contribution in [0.25, 0.3) is 0 Å². The first-order chi connectivity index (χ1) is 9.13. The lowest BCUT2D eigenvalue weighted by Gasteiger charge is -2.06. The minimum atomic E-state index is 0.270. The smallest absolute Gasteiger partial charge is 0.167 e. The van der Waals surface area contributed by atoms with Crippen LogP contribution in [0.3, 0.4) is 0 Å². The van der Waals surface area contributed by atoms with Crippen molar-refractivity contribution in [1.29, 1.82) is 0 Å². The average Bonchev–Trinajstić information content (AvgIpc) is 3.12. The summed E-state index contributed by atoms with van der Waals surface area (Å²) in [4.78, 5) is 11.9. The van der Waals surface area contributed by atoms with Crippen molar-refractivity contribution >= 4 is 33.3 Å². The third-order valence-corrected chi connectivity index (χ3v) is 4.20. The number of halogens is 2. The summed E-state index contributed by atoms with van der Waals surface area (Å²) >= 11 is 9.59. The largest absolute Gasteiger partial charge is 0.349 e. The van der Waals surface area contributed by atoms with E-state index in [2.05, 4.69) is 15.9 Å². The molecule has 0 atom stereocenters. The Bertz CT molecular complexity index is 631. The fraction of sp³-hybridized carbons (Fsp3) is 0.267. The van der Waals surface area contributed by atoms with E-state index in [1.165, 1.54) is 0 Å². The molecule has 2 aromatic rings. The quantitative estimate of drug-likeness (QED) is 0.750. The molecule has 3 rings (SSSR count). The minimum absolute atomic E-state index is 0.270. The zero-order valence-corrected chi connectivity index (χ0v) is 12.6. The second-order valence-corrected chi connectivity index (χ2v) is 6.27. The zero-order chi connectivity index (χ0) is 13.4. The lowest BCUT2D eigenvalue weighted by atomic mass is 10.1. The number of ketones is 1. The van der Waals surface area contributed by atoms with E-state index in [1.807, 2.05) is 41.2 Å². The van der Waals surface area contributed by atoms with Gasteiger partial charge in [-0.15, -0.1) is 0 Å². The Kier molecular flexibility index (Phi) is 3.50. The van der Waals surface area contributed by atoms with E-state index in [1.54, 1.807) is 0 Å². The highest BCUT2D eigenvalue weighted by Crippen LogP contribution is 2.32. The predicted octanol–water partition coefficient (Wildman–Crippen LogP) is 4.55. The predicted molar refractivity (Wildman–Crippen MR) is 79.7 cm³/mol. The Morgan fingerprint density at radius 2 is 2.16 bits per heavy atom. The Morgan fingerprint density at radius 1 is 1.37 bits per heavy atom. The van der Waals surface area contributed by atoms with Crippen molar-refractivity contribution in [1.82, 2.24) is 4.57 Å². The van der Waals surface area contributed by atoms with Gasteiger partial charge >= 0.3 is 0 Å². The summed E-state index contributed by atoms with van der Waals surface area (Å²) < 4.78 is 2.98. The van der Waals surface area contributed by atoms with Crippen molar-refractivity contribution in [3.05, 3.63) is 57.3 Å². The molecule has 19 heavy (non-hydrogen) atoms. The molecule has 2 nitrogen and oxygen atoms in total. The molecule has 0 radical (unpaired) electrons. The SMILES string of the molecule is O=C(c1ccn(Cc2ccc(Br)cc2Cl)c1)C1CC1. The molecule has 4 heteroatoms. The van der Waals surface area contributed by atoms with Gasteiger partial charge in [-0.1, -0.05) is 33.6 Å². The van der Waals surface area contributed by atoms with E-state index < -0.39 is 0 Å². The van der Waals surface area contributed by atoms with Crippen LogP contribution in [-0.2, 0) is 6.54 Å². The van der Waals surface area contributed by atoms with Crippen molar-refractivity contribution in [3.63, 3.8) is 0 Å². The molecule has 0 N–H and O–H groups in total. The van der Waals surface area contributed by atoms with Gasteiger partial charge in [-0.3, -0.25) is 4.79 Å². The fourth-order valence-electron chi connectivity index (χ4n) is 2.11. The summed E-state index contributed by atoms with van der Waals surface area (Å²) in [5.41, 5.74) is 1.86. The molecular weight excluding hydrogens is 326 g/mol. The molecule has 0 bridgehead atoms. The molecule has 1 heterocycles. The molecule has 1 aromatic heterocycles. The van der Waals surface area contributed by atoms with Gasteiger partial charge in [-0.2, -0.15) is 0 Å². The van der Waals surface area contributed by atoms with Crippen LogP contribution in [0.1, 0.15) is 28.8 Å². The summed E-state index contributed by atoms with van der Waals surface area (Å²) in [5, 5.41) is 0.734. The molecule has 1 fully saturated rings. The molecule has 0 spiro atoms. The number of carbonyl (C=O) groups excluding carboxylic acids is 1. The summed E-state index contributed by atoms with van der Waals surface area (Å²) in [7, 11) is 0. The monoisotopic (exact) mass is 337 g/mol. The number of rotatable bonds is 4. The van der Waals surface area contributed by atoms with Gasteiger partial charge in [0.2, 0.25) is 0 Å². The second-order valence-electron chi connectivity index (χ2n) is 4.95. The molecule has 1 aromatic carbocycles. The van der Waals surface area contributed by atoms with Crippen LogP contribution < -0.4 is 0 Å². The minimum Gasteiger partial charge on any atom is -0.349 e. The van der Waals surface area contributed by atoms with Crippen molar-refractivity contribution in [2.45, 2.75) is 19.4 Å². The van der Waals surface area contributed by atoms with Gasteiger partial charge in [0.05, 0.1) is 0 Å². The van der Waals surface area contributed by atoms with Crippen LogP contribution in [0.4, 0.5) is 0 Å². The van der Waals surface area contributed by atoms with Gasteiger partial charge in [0.15, 0.2) is 5.78 Å². The van der Waals surface area contributed by atoms with E-state index >= 15 is 0 Å². The maximum atomic E-state index is 11.9. The third kappa shape index (κ3) is 2.93. The number of aromatic nitrogens is 1. The van der Waals surface area contributed by atoms with Crippen molar-refractivity contribution < 1.29 is 4.79 Å². The third-order valence-electron chi connectivity index (χ3n) is 3.35. The summed E-state index contributed by atoms with van der Waals surface area (Å²) in [5.74, 6) is 0.549. The highest BCUT2D eigenvalue weighted by Gasteiger charge is 2.30. The molecule has 1 saturated carbocycles. The van der Waals surface area contributed by atoms with E-state index in [0.29, 0.717) is 6.54 Å². The molecule has 98 valence electrons. The maximum Gasteiger partial charge on any atom is 0.167 e. The fourth-order valence-corrected chi connectivity index (χ4v) is 2.85. The summed E-state index contributed by atoms with van der Waals surface area (Å²) in [6.45, 7) is 0.685. The van der Waals surface area contributed by atoms with Crippen LogP contribution in [0, 0.1) is 5.92 Å². The summed E-state index contributed by atoms with van der Waals surface area (Å²) in [6.07, 6.45) is 5.94. The van der Waals surface area contributed by atoms with E-state index in [0.717, 1.165) is 33.5 Å². The van der Waals surface area contributed by atoms with Gasteiger partial charge in [0.1, 0.15) is 0 Å². The van der Waals surface area contributed by atoms with Crippen LogP contribution in [-0.4, -0.2) is 10.4 Å². The lowest BCUT2D eigenvalue weighted by Crippen LogP contribution is -2.01. The standard InChI is InChI=1S/C15H13BrClNO/c16-13-4-3-11(14(17)7-13)8-18-6-5-12(9-18)15(19)10-1-2-10/h3-7,9-10H,1-2,8H2. The molecule has 0 amide bonds. The van der Waals surface area contributed by atoms with Gasteiger partial charge in [-0.05, 0) is 36.6 Å². The van der Waals surface area contributed by atoms with E-state index in [9.17, 15) is 4.79 Å². The molecule has 1 aliphatic carbocycles. The zero-order valence-electron chi connectivity index (χ0n) is 10.3. The van der Waals surface area contributed by atoms with Crippen molar-refractivity contribution in [3.8, 4) is 0 Å². The van der Waals surface area contributed by atoms with Gasteiger partial charge in [0, 0.05) is 39.9 Å². The highest BCUT2D eigenvalue weighted by molar-refractivity contribution is 9.10. The molecular formula is C15H13BrClNO. The normalized spacial score (nSPS) is 14.6.